The van der Waals surface area contributed by atoms with Gasteiger partial charge >= 0.3 is 0 Å². The van der Waals surface area contributed by atoms with Crippen LogP contribution in [-0.4, -0.2) is 14.2 Å². The van der Waals surface area contributed by atoms with E-state index in [1.807, 2.05) is 6.07 Å². The van der Waals surface area contributed by atoms with Crippen molar-refractivity contribution in [3.05, 3.63) is 29.8 Å². The third kappa shape index (κ3) is 3.29. The Bertz CT molecular complexity index is 537. The molecule has 0 aromatic heterocycles. The Morgan fingerprint density at radius 1 is 1.33 bits per heavy atom. The lowest BCUT2D eigenvalue weighted by Crippen LogP contribution is -2.15. The summed E-state index contributed by atoms with van der Waals surface area (Å²) in [7, 11) is -3.63. The first kappa shape index (κ1) is 11.0. The molecule has 1 rings (SSSR count). The molecule has 0 saturated heterocycles. The van der Waals surface area contributed by atoms with Crippen molar-refractivity contribution in [3.8, 4) is 12.1 Å². The maximum atomic E-state index is 11.2. The molecular formula is C9H7N3O2S. The standard InChI is InChI=1S/C9H7N3O2S/c10-4-5-15(13,14)12-9-3-1-2-8(6-9)7-11/h1-3,6,12H,5H2. The van der Waals surface area contributed by atoms with Crippen LogP contribution in [0.4, 0.5) is 5.69 Å². The summed E-state index contributed by atoms with van der Waals surface area (Å²) in [6.07, 6.45) is 0. The first-order valence-electron chi connectivity index (χ1n) is 3.95. The van der Waals surface area contributed by atoms with E-state index in [1.165, 1.54) is 12.1 Å². The van der Waals surface area contributed by atoms with Gasteiger partial charge in [0.05, 0.1) is 17.7 Å². The number of nitrogens with zero attached hydrogens (tertiary/aromatic N) is 2. The van der Waals surface area contributed by atoms with Crippen LogP contribution >= 0.6 is 0 Å². The van der Waals surface area contributed by atoms with Crippen LogP contribution < -0.4 is 4.72 Å². The number of benzene rings is 1. The smallest absolute Gasteiger partial charge is 0.246 e. The molecule has 5 nitrogen and oxygen atoms in total. The summed E-state index contributed by atoms with van der Waals surface area (Å²) in [5.41, 5.74) is 0.636. The molecule has 0 radical (unpaired) electrons. The van der Waals surface area contributed by atoms with Crippen LogP contribution in [0.25, 0.3) is 0 Å². The highest BCUT2D eigenvalue weighted by Crippen LogP contribution is 2.11. The Morgan fingerprint density at radius 2 is 2.07 bits per heavy atom. The molecule has 0 bridgehead atoms. The zero-order chi connectivity index (χ0) is 11.3. The predicted octanol–water partition coefficient (Wildman–Crippen LogP) is 0.824. The lowest BCUT2D eigenvalue weighted by molar-refractivity contribution is 0.604. The molecule has 0 heterocycles. The molecule has 0 unspecified atom stereocenters. The summed E-state index contributed by atoms with van der Waals surface area (Å²) in [5, 5.41) is 16.8. The molecule has 0 spiro atoms. The van der Waals surface area contributed by atoms with E-state index in [1.54, 1.807) is 18.2 Å². The van der Waals surface area contributed by atoms with Gasteiger partial charge < -0.3 is 0 Å². The molecule has 0 atom stereocenters. The van der Waals surface area contributed by atoms with Crippen molar-refractivity contribution >= 4 is 15.7 Å². The summed E-state index contributed by atoms with van der Waals surface area (Å²) in [5.74, 6) is -0.607. The molecule has 6 heteroatoms. The highest BCUT2D eigenvalue weighted by atomic mass is 32.2. The van der Waals surface area contributed by atoms with Crippen LogP contribution in [0.5, 0.6) is 0 Å². The van der Waals surface area contributed by atoms with Crippen molar-refractivity contribution < 1.29 is 8.42 Å². The molecule has 1 aromatic carbocycles. The van der Waals surface area contributed by atoms with Gasteiger partial charge in [-0.2, -0.15) is 10.5 Å². The highest BCUT2D eigenvalue weighted by Gasteiger charge is 2.09. The maximum absolute atomic E-state index is 11.2. The summed E-state index contributed by atoms with van der Waals surface area (Å²) < 4.78 is 24.6. The molecule has 0 aliphatic rings. The number of nitrogens with one attached hydrogen (secondary N) is 1. The van der Waals surface area contributed by atoms with Gasteiger partial charge in [0.25, 0.3) is 0 Å². The van der Waals surface area contributed by atoms with Gasteiger partial charge in [-0.1, -0.05) is 6.07 Å². The van der Waals surface area contributed by atoms with Crippen molar-refractivity contribution in [1.82, 2.24) is 0 Å². The van der Waals surface area contributed by atoms with E-state index >= 15 is 0 Å². The molecule has 1 aromatic rings. The van der Waals surface area contributed by atoms with Crippen molar-refractivity contribution in [2.24, 2.45) is 0 Å². The molecule has 0 aliphatic carbocycles. The average molecular weight is 221 g/mol. The zero-order valence-corrected chi connectivity index (χ0v) is 8.45. The Hall–Kier alpha value is -2.05. The van der Waals surface area contributed by atoms with E-state index in [4.69, 9.17) is 10.5 Å². The lowest BCUT2D eigenvalue weighted by Gasteiger charge is -2.04. The first-order valence-corrected chi connectivity index (χ1v) is 5.60. The van der Waals surface area contributed by atoms with Crippen molar-refractivity contribution in [2.75, 3.05) is 10.5 Å². The topological polar surface area (TPSA) is 93.8 Å². The van der Waals surface area contributed by atoms with Gasteiger partial charge in [-0.15, -0.1) is 0 Å². The van der Waals surface area contributed by atoms with E-state index in [2.05, 4.69) is 4.72 Å². The van der Waals surface area contributed by atoms with E-state index in [9.17, 15) is 8.42 Å². The van der Waals surface area contributed by atoms with Gasteiger partial charge in [-0.25, -0.2) is 8.42 Å². The minimum absolute atomic E-state index is 0.282. The molecule has 15 heavy (non-hydrogen) atoms. The monoisotopic (exact) mass is 221 g/mol. The fourth-order valence-electron chi connectivity index (χ4n) is 0.953. The third-order valence-electron chi connectivity index (χ3n) is 1.52. The lowest BCUT2D eigenvalue weighted by atomic mass is 10.2. The fraction of sp³-hybridized carbons (Fsp3) is 0.111. The molecule has 76 valence electrons. The molecule has 0 fully saturated rings. The van der Waals surface area contributed by atoms with Gasteiger partial charge in [-0.3, -0.25) is 4.72 Å². The quantitative estimate of drug-likeness (QED) is 0.817. The van der Waals surface area contributed by atoms with Crippen LogP contribution in [0.3, 0.4) is 0 Å². The summed E-state index contributed by atoms with van der Waals surface area (Å²) in [4.78, 5) is 0. The van der Waals surface area contributed by atoms with Crippen LogP contribution in [0, 0.1) is 22.7 Å². The number of hydrogen-bond acceptors (Lipinski definition) is 4. The minimum Gasteiger partial charge on any atom is -0.283 e. The SMILES string of the molecule is N#CCS(=O)(=O)Nc1cccc(C#N)c1. The number of anilines is 1. The number of rotatable bonds is 3. The second-order valence-electron chi connectivity index (χ2n) is 2.71. The Labute approximate surface area is 87.6 Å². The second-order valence-corrected chi connectivity index (χ2v) is 4.43. The Balaban J connectivity index is 2.92. The predicted molar refractivity (Wildman–Crippen MR) is 54.2 cm³/mol. The molecular weight excluding hydrogens is 214 g/mol. The van der Waals surface area contributed by atoms with E-state index in [-0.39, 0.29) is 5.69 Å². The first-order chi connectivity index (χ1) is 7.07. The second kappa shape index (κ2) is 4.45. The minimum atomic E-state index is -3.63. The third-order valence-corrected chi connectivity index (χ3v) is 2.58. The highest BCUT2D eigenvalue weighted by molar-refractivity contribution is 7.92. The molecule has 1 N–H and O–H groups in total. The van der Waals surface area contributed by atoms with Crippen LogP contribution in [0.2, 0.25) is 0 Å². The Kier molecular flexibility index (Phi) is 3.27. The van der Waals surface area contributed by atoms with Gasteiger partial charge in [0.2, 0.25) is 10.0 Å². The van der Waals surface area contributed by atoms with E-state index in [0.717, 1.165) is 0 Å². The van der Waals surface area contributed by atoms with E-state index < -0.39 is 15.8 Å². The van der Waals surface area contributed by atoms with Gasteiger partial charge in [0, 0.05) is 5.69 Å². The largest absolute Gasteiger partial charge is 0.283 e. The van der Waals surface area contributed by atoms with Crippen molar-refractivity contribution in [1.29, 1.82) is 10.5 Å². The summed E-state index contributed by atoms with van der Waals surface area (Å²) >= 11 is 0. The summed E-state index contributed by atoms with van der Waals surface area (Å²) in [6, 6.07) is 9.45. The number of sulfonamides is 1. The van der Waals surface area contributed by atoms with Gasteiger partial charge in [0.15, 0.2) is 5.75 Å². The number of nitriles is 2. The van der Waals surface area contributed by atoms with Crippen molar-refractivity contribution in [3.63, 3.8) is 0 Å². The average Bonchev–Trinajstić information content (AvgIpc) is 2.17. The maximum Gasteiger partial charge on any atom is 0.246 e. The van der Waals surface area contributed by atoms with E-state index in [0.29, 0.717) is 5.56 Å². The molecule has 0 amide bonds. The van der Waals surface area contributed by atoms with Crippen LogP contribution in [0.15, 0.2) is 24.3 Å². The van der Waals surface area contributed by atoms with Crippen LogP contribution in [-0.2, 0) is 10.0 Å². The van der Waals surface area contributed by atoms with Gasteiger partial charge in [0.1, 0.15) is 0 Å². The van der Waals surface area contributed by atoms with Crippen molar-refractivity contribution in [2.45, 2.75) is 0 Å². The molecule has 0 aliphatic heterocycles. The zero-order valence-electron chi connectivity index (χ0n) is 7.64. The number of hydrogen-bond donors (Lipinski definition) is 1. The fourth-order valence-corrected chi connectivity index (χ4v) is 1.68. The van der Waals surface area contributed by atoms with Gasteiger partial charge in [-0.05, 0) is 18.2 Å². The molecule has 0 saturated carbocycles. The summed E-state index contributed by atoms with van der Waals surface area (Å²) in [6.45, 7) is 0. The van der Waals surface area contributed by atoms with Crippen LogP contribution in [0.1, 0.15) is 5.56 Å². The normalized spacial score (nSPS) is 10.0. The Morgan fingerprint density at radius 3 is 2.67 bits per heavy atom.